The monoisotopic (exact) mass is 204 g/mol. The largest absolute Gasteiger partial charge is 0.473 e. The summed E-state index contributed by atoms with van der Waals surface area (Å²) in [7, 11) is 2.00. The fourth-order valence-electron chi connectivity index (χ4n) is 0.737. The van der Waals surface area contributed by atoms with E-state index in [0.29, 0.717) is 0 Å². The van der Waals surface area contributed by atoms with Crippen LogP contribution in [0.1, 0.15) is 12.8 Å². The molecule has 0 atom stereocenters. The van der Waals surface area contributed by atoms with Crippen molar-refractivity contribution < 1.29 is 19.4 Å². The number of rotatable bonds is 0. The molecule has 1 saturated heterocycles. The van der Waals surface area contributed by atoms with Crippen molar-refractivity contribution in [1.82, 2.24) is 0 Å². The minimum absolute atomic E-state index is 1.00. The molecule has 0 bridgehead atoms. The molecule has 4 heteroatoms. The topological polar surface area (TPSA) is 62.8 Å². The van der Waals surface area contributed by atoms with E-state index in [1.54, 1.807) is 12.5 Å². The van der Waals surface area contributed by atoms with E-state index in [2.05, 4.69) is 4.42 Å². The maximum absolute atomic E-state index is 7.00. The summed E-state index contributed by atoms with van der Waals surface area (Å²) in [4.78, 5) is 0. The number of hydrogen-bond donors (Lipinski definition) is 2. The number of furan rings is 1. The van der Waals surface area contributed by atoms with E-state index in [9.17, 15) is 0 Å². The Kier molecular flexibility index (Phi) is 20.1. The van der Waals surface area contributed by atoms with E-state index in [1.165, 1.54) is 12.8 Å². The highest BCUT2D eigenvalue weighted by Gasteiger charge is 1.94. The van der Waals surface area contributed by atoms with E-state index in [-0.39, 0.29) is 0 Å². The first-order chi connectivity index (χ1) is 7.00. The molecule has 0 saturated carbocycles. The summed E-state index contributed by atoms with van der Waals surface area (Å²) >= 11 is 0. The van der Waals surface area contributed by atoms with E-state index in [0.717, 1.165) is 27.4 Å². The Morgan fingerprint density at radius 3 is 1.43 bits per heavy atom. The van der Waals surface area contributed by atoms with Gasteiger partial charge >= 0.3 is 0 Å². The molecule has 1 aliphatic rings. The van der Waals surface area contributed by atoms with E-state index in [1.807, 2.05) is 12.1 Å². The highest BCUT2D eigenvalue weighted by Crippen LogP contribution is 1.98. The van der Waals surface area contributed by atoms with Crippen LogP contribution in [0.2, 0.25) is 0 Å². The predicted molar refractivity (Wildman–Crippen MR) is 55.0 cm³/mol. The first-order valence-corrected chi connectivity index (χ1v) is 4.44. The van der Waals surface area contributed by atoms with Crippen LogP contribution in [0.4, 0.5) is 0 Å². The minimum Gasteiger partial charge on any atom is -0.473 e. The molecule has 2 rings (SSSR count). The summed E-state index contributed by atoms with van der Waals surface area (Å²) in [6, 6.07) is 3.67. The zero-order valence-electron chi connectivity index (χ0n) is 8.85. The minimum atomic E-state index is 1.00. The van der Waals surface area contributed by atoms with Gasteiger partial charge in [0.05, 0.1) is 12.5 Å². The van der Waals surface area contributed by atoms with Gasteiger partial charge in [0, 0.05) is 27.4 Å². The van der Waals surface area contributed by atoms with Crippen molar-refractivity contribution >= 4 is 0 Å². The third kappa shape index (κ3) is 13.7. The molecule has 0 aliphatic carbocycles. The molecular formula is C10H20O4. The van der Waals surface area contributed by atoms with Crippen molar-refractivity contribution in [2.45, 2.75) is 12.8 Å². The van der Waals surface area contributed by atoms with Crippen molar-refractivity contribution in [3.8, 4) is 0 Å². The molecule has 4 nitrogen and oxygen atoms in total. The maximum Gasteiger partial charge on any atom is 0.0902 e. The average Bonchev–Trinajstić information content (AvgIpc) is 3.01. The van der Waals surface area contributed by atoms with Gasteiger partial charge < -0.3 is 19.4 Å². The van der Waals surface area contributed by atoms with Crippen molar-refractivity contribution in [3.05, 3.63) is 24.7 Å². The van der Waals surface area contributed by atoms with Crippen LogP contribution in [0.3, 0.4) is 0 Å². The van der Waals surface area contributed by atoms with Gasteiger partial charge in [-0.3, -0.25) is 0 Å². The van der Waals surface area contributed by atoms with E-state index in [4.69, 9.17) is 14.9 Å². The summed E-state index contributed by atoms with van der Waals surface area (Å²) in [6.07, 6.45) is 5.81. The molecule has 1 aromatic rings. The zero-order chi connectivity index (χ0) is 11.1. The molecular weight excluding hydrogens is 184 g/mol. The van der Waals surface area contributed by atoms with Crippen LogP contribution in [0.5, 0.6) is 0 Å². The smallest absolute Gasteiger partial charge is 0.0902 e. The van der Waals surface area contributed by atoms with Gasteiger partial charge in [0.25, 0.3) is 0 Å². The molecule has 0 aromatic carbocycles. The van der Waals surface area contributed by atoms with Gasteiger partial charge in [-0.05, 0) is 25.0 Å². The standard InChI is InChI=1S/C4H8O.C4H4O.2CH4O/c2*1-2-4-5-3-1;2*1-2/h1-4H2;1-4H;2*2H,1H3. The van der Waals surface area contributed by atoms with Crippen molar-refractivity contribution in [1.29, 1.82) is 0 Å². The lowest BCUT2D eigenvalue weighted by atomic mass is 10.4. The van der Waals surface area contributed by atoms with Gasteiger partial charge in [-0.15, -0.1) is 0 Å². The fourth-order valence-corrected chi connectivity index (χ4v) is 0.737. The van der Waals surface area contributed by atoms with E-state index < -0.39 is 0 Å². The summed E-state index contributed by atoms with van der Waals surface area (Å²) in [5.74, 6) is 0. The second kappa shape index (κ2) is 18.0. The third-order valence-corrected chi connectivity index (χ3v) is 1.25. The number of ether oxygens (including phenoxy) is 1. The predicted octanol–water partition coefficient (Wildman–Crippen LogP) is 1.29. The Bertz CT molecular complexity index is 111. The van der Waals surface area contributed by atoms with Crippen LogP contribution in [-0.4, -0.2) is 37.6 Å². The average molecular weight is 204 g/mol. The van der Waals surface area contributed by atoms with Crippen LogP contribution >= 0.6 is 0 Å². The SMILES string of the molecule is C1CCOC1.CO.CO.c1ccoc1. The van der Waals surface area contributed by atoms with Gasteiger partial charge in [-0.25, -0.2) is 0 Å². The Balaban J connectivity index is 0. The maximum atomic E-state index is 7.00. The van der Waals surface area contributed by atoms with Gasteiger partial charge in [0.1, 0.15) is 0 Å². The van der Waals surface area contributed by atoms with Crippen LogP contribution in [0.25, 0.3) is 0 Å². The lowest BCUT2D eigenvalue weighted by molar-refractivity contribution is 0.198. The van der Waals surface area contributed by atoms with Crippen molar-refractivity contribution in [2.24, 2.45) is 0 Å². The Morgan fingerprint density at radius 2 is 1.29 bits per heavy atom. The van der Waals surface area contributed by atoms with Crippen LogP contribution in [0.15, 0.2) is 29.1 Å². The molecule has 0 spiro atoms. The van der Waals surface area contributed by atoms with E-state index >= 15 is 0 Å². The first-order valence-electron chi connectivity index (χ1n) is 4.44. The van der Waals surface area contributed by atoms with Crippen LogP contribution < -0.4 is 0 Å². The molecule has 14 heavy (non-hydrogen) atoms. The van der Waals surface area contributed by atoms with Crippen molar-refractivity contribution in [2.75, 3.05) is 27.4 Å². The molecule has 1 fully saturated rings. The number of aliphatic hydroxyl groups excluding tert-OH is 2. The quantitative estimate of drug-likeness (QED) is 0.668. The van der Waals surface area contributed by atoms with Gasteiger partial charge in [0.2, 0.25) is 0 Å². The third-order valence-electron chi connectivity index (χ3n) is 1.25. The molecule has 2 N–H and O–H groups in total. The summed E-state index contributed by atoms with van der Waals surface area (Å²) in [5.41, 5.74) is 0. The first kappa shape index (κ1) is 15.6. The summed E-state index contributed by atoms with van der Waals surface area (Å²) in [6.45, 7) is 2.00. The summed E-state index contributed by atoms with van der Waals surface area (Å²) < 4.78 is 9.53. The molecule has 84 valence electrons. The van der Waals surface area contributed by atoms with Crippen LogP contribution in [0, 0.1) is 0 Å². The van der Waals surface area contributed by atoms with Crippen molar-refractivity contribution in [3.63, 3.8) is 0 Å². The Labute approximate surface area is 85.1 Å². The molecule has 0 unspecified atom stereocenters. The molecule has 1 aromatic heterocycles. The Morgan fingerprint density at radius 1 is 0.857 bits per heavy atom. The normalized spacial score (nSPS) is 12.3. The molecule has 0 amide bonds. The van der Waals surface area contributed by atoms with Gasteiger partial charge in [0.15, 0.2) is 0 Å². The second-order valence-corrected chi connectivity index (χ2v) is 2.11. The second-order valence-electron chi connectivity index (χ2n) is 2.11. The lowest BCUT2D eigenvalue weighted by Crippen LogP contribution is -1.74. The zero-order valence-corrected chi connectivity index (χ0v) is 8.85. The Hall–Kier alpha value is -0.840. The summed E-state index contributed by atoms with van der Waals surface area (Å²) in [5, 5.41) is 14.0. The lowest BCUT2D eigenvalue weighted by Gasteiger charge is -1.76. The highest BCUT2D eigenvalue weighted by atomic mass is 16.5. The van der Waals surface area contributed by atoms with Gasteiger partial charge in [-0.2, -0.15) is 0 Å². The molecule has 0 radical (unpaired) electrons. The number of hydrogen-bond acceptors (Lipinski definition) is 4. The molecule has 1 aliphatic heterocycles. The molecule has 2 heterocycles. The highest BCUT2D eigenvalue weighted by molar-refractivity contribution is 4.79. The number of aliphatic hydroxyl groups is 2. The fraction of sp³-hybridized carbons (Fsp3) is 0.600. The van der Waals surface area contributed by atoms with Crippen LogP contribution in [-0.2, 0) is 4.74 Å². The van der Waals surface area contributed by atoms with Gasteiger partial charge in [-0.1, -0.05) is 0 Å².